The average molecular weight is 490 g/mol. The molecule has 0 aliphatic carbocycles. The number of nitrogens with zero attached hydrogens (tertiary/aromatic N) is 3. The van der Waals surface area contributed by atoms with Crippen molar-refractivity contribution >= 4 is 28.3 Å². The maximum atomic E-state index is 12.9. The van der Waals surface area contributed by atoms with Gasteiger partial charge < -0.3 is 14.4 Å². The monoisotopic (exact) mass is 490 g/mol. The van der Waals surface area contributed by atoms with Crippen LogP contribution in [0.3, 0.4) is 0 Å². The van der Waals surface area contributed by atoms with Crippen LogP contribution in [-0.2, 0) is 11.0 Å². The maximum Gasteiger partial charge on any atom is 0.416 e. The molecule has 5 rings (SSSR count). The minimum absolute atomic E-state index is 0.0914. The Hall–Kier alpha value is -3.67. The smallest absolute Gasteiger partial charge is 0.416 e. The van der Waals surface area contributed by atoms with Crippen molar-refractivity contribution in [1.29, 1.82) is 0 Å². The molecule has 176 valence electrons. The molecule has 0 bridgehead atoms. The fraction of sp³-hybridized carbons (Fsp3) is 0.273. The van der Waals surface area contributed by atoms with Crippen LogP contribution in [0.4, 0.5) is 18.3 Å². The molecule has 0 spiro atoms. The number of likely N-dealkylation sites (tertiary alicyclic amines) is 1. The first kappa shape index (κ1) is 22.1. The quantitative estimate of drug-likeness (QED) is 0.590. The van der Waals surface area contributed by atoms with Crippen LogP contribution in [0.5, 0.6) is 11.5 Å². The number of nitrogens with one attached hydrogen (secondary N) is 1. The van der Waals surface area contributed by atoms with E-state index in [1.54, 1.807) is 18.2 Å². The van der Waals surface area contributed by atoms with Gasteiger partial charge in [0, 0.05) is 17.7 Å². The van der Waals surface area contributed by atoms with E-state index in [-0.39, 0.29) is 17.5 Å². The zero-order chi connectivity index (χ0) is 23.9. The lowest BCUT2D eigenvalue weighted by Gasteiger charge is -2.23. The Labute approximate surface area is 195 Å². The highest BCUT2D eigenvalue weighted by atomic mass is 32.1. The first-order valence-electron chi connectivity index (χ1n) is 10.3. The summed E-state index contributed by atoms with van der Waals surface area (Å²) in [7, 11) is 0. The molecule has 1 aromatic heterocycles. The van der Waals surface area contributed by atoms with Crippen LogP contribution in [0, 0.1) is 0 Å². The Balaban J connectivity index is 1.27. The first-order valence-corrected chi connectivity index (χ1v) is 11.1. The van der Waals surface area contributed by atoms with E-state index >= 15 is 0 Å². The third-order valence-corrected chi connectivity index (χ3v) is 6.44. The zero-order valence-corrected chi connectivity index (χ0v) is 18.3. The fourth-order valence-corrected chi connectivity index (χ4v) is 4.60. The second-order valence-corrected chi connectivity index (χ2v) is 8.68. The number of alkyl halides is 3. The summed E-state index contributed by atoms with van der Waals surface area (Å²) in [6.07, 6.45) is -3.45. The number of amides is 2. The van der Waals surface area contributed by atoms with E-state index in [2.05, 4.69) is 15.5 Å². The molecule has 3 heterocycles. The van der Waals surface area contributed by atoms with Gasteiger partial charge in [0.1, 0.15) is 11.0 Å². The first-order chi connectivity index (χ1) is 16.3. The van der Waals surface area contributed by atoms with Crippen molar-refractivity contribution in [2.75, 3.05) is 18.7 Å². The standard InChI is InChI=1S/C22H17F3N4O4S/c23-22(24,25)14-6-3-12(4-7-14)20(31)29-9-1-2-15(29)18(30)26-21-28-27-19(34-21)13-5-8-16-17(10-13)33-11-32-16/h3-8,10,15H,1-2,9,11H2,(H,26,28,30). The predicted octanol–water partition coefficient (Wildman–Crippen LogP) is 4.20. The molecular formula is C22H17F3N4O4S. The highest BCUT2D eigenvalue weighted by Crippen LogP contribution is 2.37. The molecule has 0 radical (unpaired) electrons. The number of ether oxygens (including phenoxy) is 2. The second-order valence-electron chi connectivity index (χ2n) is 7.70. The molecule has 2 aliphatic heterocycles. The molecule has 34 heavy (non-hydrogen) atoms. The summed E-state index contributed by atoms with van der Waals surface area (Å²) in [6.45, 7) is 0.482. The van der Waals surface area contributed by atoms with Crippen molar-refractivity contribution in [1.82, 2.24) is 15.1 Å². The van der Waals surface area contributed by atoms with Gasteiger partial charge in [-0.1, -0.05) is 11.3 Å². The van der Waals surface area contributed by atoms with Crippen LogP contribution < -0.4 is 14.8 Å². The van der Waals surface area contributed by atoms with E-state index in [4.69, 9.17) is 9.47 Å². The van der Waals surface area contributed by atoms with Crippen molar-refractivity contribution in [3.05, 3.63) is 53.6 Å². The summed E-state index contributed by atoms with van der Waals surface area (Å²) in [5.41, 5.74) is 0.00484. The molecule has 3 aromatic rings. The van der Waals surface area contributed by atoms with E-state index in [1.165, 1.54) is 16.2 Å². The molecule has 1 unspecified atom stereocenters. The Morgan fingerprint density at radius 1 is 1.06 bits per heavy atom. The van der Waals surface area contributed by atoms with E-state index in [1.807, 2.05) is 0 Å². The SMILES string of the molecule is O=C(Nc1nnc(-c2ccc3c(c2)OCO3)s1)C1CCCN1C(=O)c1ccc(C(F)(F)F)cc1. The van der Waals surface area contributed by atoms with Gasteiger partial charge in [-0.2, -0.15) is 13.2 Å². The number of rotatable bonds is 4. The summed E-state index contributed by atoms with van der Waals surface area (Å²) in [6, 6.07) is 8.56. The minimum Gasteiger partial charge on any atom is -0.454 e. The van der Waals surface area contributed by atoms with E-state index in [0.717, 1.165) is 29.8 Å². The van der Waals surface area contributed by atoms with Gasteiger partial charge in [-0.25, -0.2) is 0 Å². The van der Waals surface area contributed by atoms with Gasteiger partial charge in [-0.15, -0.1) is 10.2 Å². The highest BCUT2D eigenvalue weighted by Gasteiger charge is 2.36. The number of benzene rings is 2. The number of halogens is 3. The Morgan fingerprint density at radius 3 is 2.59 bits per heavy atom. The maximum absolute atomic E-state index is 12.9. The Kier molecular flexibility index (Phi) is 5.60. The lowest BCUT2D eigenvalue weighted by molar-refractivity contribution is -0.137. The largest absolute Gasteiger partial charge is 0.454 e. The van der Waals surface area contributed by atoms with Crippen molar-refractivity contribution in [2.24, 2.45) is 0 Å². The second kappa shape index (κ2) is 8.60. The van der Waals surface area contributed by atoms with Crippen LogP contribution in [-0.4, -0.2) is 46.3 Å². The summed E-state index contributed by atoms with van der Waals surface area (Å²) < 4.78 is 49.0. The molecule has 2 aliphatic rings. The van der Waals surface area contributed by atoms with Crippen molar-refractivity contribution in [2.45, 2.75) is 25.1 Å². The molecule has 1 atom stereocenters. The Morgan fingerprint density at radius 2 is 1.82 bits per heavy atom. The molecular weight excluding hydrogens is 473 g/mol. The molecule has 2 aromatic carbocycles. The van der Waals surface area contributed by atoms with Crippen molar-refractivity contribution in [3.8, 4) is 22.1 Å². The van der Waals surface area contributed by atoms with Gasteiger partial charge in [0.05, 0.1) is 5.56 Å². The van der Waals surface area contributed by atoms with Gasteiger partial charge in [0.15, 0.2) is 11.5 Å². The molecule has 0 saturated carbocycles. The number of hydrogen-bond donors (Lipinski definition) is 1. The van der Waals surface area contributed by atoms with E-state index in [9.17, 15) is 22.8 Å². The van der Waals surface area contributed by atoms with Crippen molar-refractivity contribution in [3.63, 3.8) is 0 Å². The predicted molar refractivity (Wildman–Crippen MR) is 116 cm³/mol. The number of aromatic nitrogens is 2. The normalized spacial score (nSPS) is 17.1. The van der Waals surface area contributed by atoms with Gasteiger partial charge in [0.2, 0.25) is 17.8 Å². The number of anilines is 1. The zero-order valence-electron chi connectivity index (χ0n) is 17.5. The lowest BCUT2D eigenvalue weighted by Crippen LogP contribution is -2.43. The van der Waals surface area contributed by atoms with Gasteiger partial charge in [0.25, 0.3) is 5.91 Å². The van der Waals surface area contributed by atoms with E-state index < -0.39 is 29.6 Å². The van der Waals surface area contributed by atoms with Gasteiger partial charge in [-0.05, 0) is 55.3 Å². The summed E-state index contributed by atoms with van der Waals surface area (Å²) in [5.74, 6) is 0.318. The molecule has 2 amide bonds. The molecule has 12 heteroatoms. The highest BCUT2D eigenvalue weighted by molar-refractivity contribution is 7.18. The third kappa shape index (κ3) is 4.28. The van der Waals surface area contributed by atoms with Crippen LogP contribution in [0.2, 0.25) is 0 Å². The average Bonchev–Trinajstić information content (AvgIpc) is 3.57. The molecule has 1 fully saturated rings. The van der Waals surface area contributed by atoms with Crippen LogP contribution in [0.25, 0.3) is 10.6 Å². The topological polar surface area (TPSA) is 93.7 Å². The minimum atomic E-state index is -4.49. The Bertz CT molecular complexity index is 1250. The van der Waals surface area contributed by atoms with Crippen LogP contribution in [0.1, 0.15) is 28.8 Å². The van der Waals surface area contributed by atoms with Crippen molar-refractivity contribution < 1.29 is 32.2 Å². The van der Waals surface area contributed by atoms with Crippen LogP contribution in [0.15, 0.2) is 42.5 Å². The molecule has 8 nitrogen and oxygen atoms in total. The number of carbonyl (C=O) groups excluding carboxylic acids is 2. The number of fused-ring (bicyclic) bond motifs is 1. The lowest BCUT2D eigenvalue weighted by atomic mass is 10.1. The summed E-state index contributed by atoms with van der Waals surface area (Å²) in [4.78, 5) is 27.1. The fourth-order valence-electron chi connectivity index (χ4n) is 3.86. The summed E-state index contributed by atoms with van der Waals surface area (Å²) in [5, 5.41) is 11.7. The molecule has 1 saturated heterocycles. The van der Waals surface area contributed by atoms with Crippen LogP contribution >= 0.6 is 11.3 Å². The molecule has 1 N–H and O–H groups in total. The number of hydrogen-bond acceptors (Lipinski definition) is 7. The third-order valence-electron chi connectivity index (χ3n) is 5.55. The number of carbonyl (C=O) groups is 2. The summed E-state index contributed by atoms with van der Waals surface area (Å²) >= 11 is 1.17. The van der Waals surface area contributed by atoms with E-state index in [0.29, 0.717) is 35.9 Å². The van der Waals surface area contributed by atoms with Gasteiger partial charge >= 0.3 is 6.18 Å². The van der Waals surface area contributed by atoms with Gasteiger partial charge in [-0.3, -0.25) is 14.9 Å².